The minimum Gasteiger partial charge on any atom is -0.494 e. The molecule has 5 nitrogen and oxygen atoms in total. The Labute approximate surface area is 166 Å². The second-order valence-corrected chi connectivity index (χ2v) is 7.13. The van der Waals surface area contributed by atoms with Crippen LogP contribution in [-0.4, -0.2) is 53.9 Å². The van der Waals surface area contributed by atoms with Crippen molar-refractivity contribution in [1.29, 1.82) is 0 Å². The summed E-state index contributed by atoms with van der Waals surface area (Å²) in [5, 5.41) is 0. The number of amides is 2. The summed E-state index contributed by atoms with van der Waals surface area (Å²) in [6, 6.07) is 19.4. The van der Waals surface area contributed by atoms with Crippen LogP contribution in [0.15, 0.2) is 60.7 Å². The normalized spacial score (nSPS) is 17.1. The Hall–Kier alpha value is -2.82. The minimum atomic E-state index is -0.396. The van der Waals surface area contributed by atoms with Crippen molar-refractivity contribution < 1.29 is 14.3 Å². The molecule has 148 valence electrons. The molecule has 0 aromatic heterocycles. The van der Waals surface area contributed by atoms with Gasteiger partial charge in [0.25, 0.3) is 0 Å². The van der Waals surface area contributed by atoms with Crippen LogP contribution < -0.4 is 4.74 Å². The van der Waals surface area contributed by atoms with E-state index in [0.29, 0.717) is 19.7 Å². The molecule has 28 heavy (non-hydrogen) atoms. The van der Waals surface area contributed by atoms with Gasteiger partial charge in [-0.1, -0.05) is 48.5 Å². The van der Waals surface area contributed by atoms with Gasteiger partial charge in [0.2, 0.25) is 11.8 Å². The summed E-state index contributed by atoms with van der Waals surface area (Å²) in [6.07, 6.45) is 2.43. The quantitative estimate of drug-likeness (QED) is 0.628. The molecule has 0 radical (unpaired) electrons. The minimum absolute atomic E-state index is 0.0316. The highest BCUT2D eigenvalue weighted by molar-refractivity contribution is 5.94. The van der Waals surface area contributed by atoms with Crippen molar-refractivity contribution in [2.75, 3.05) is 26.2 Å². The van der Waals surface area contributed by atoms with E-state index in [1.165, 1.54) is 5.56 Å². The molecule has 0 N–H and O–H groups in total. The highest BCUT2D eigenvalue weighted by atomic mass is 16.5. The number of piperazine rings is 1. The third-order valence-electron chi connectivity index (χ3n) is 5.10. The molecule has 0 bridgehead atoms. The number of benzene rings is 2. The molecule has 0 saturated carbocycles. The molecule has 0 spiro atoms. The lowest BCUT2D eigenvalue weighted by molar-refractivity contribution is -0.155. The summed E-state index contributed by atoms with van der Waals surface area (Å²) in [6.45, 7) is 3.79. The second-order valence-electron chi connectivity index (χ2n) is 7.13. The molecule has 1 aliphatic heterocycles. The maximum atomic E-state index is 12.7. The number of carbonyl (C=O) groups excluding carboxylic acids is 2. The molecule has 1 heterocycles. The monoisotopic (exact) mass is 380 g/mol. The van der Waals surface area contributed by atoms with Gasteiger partial charge in [-0.15, -0.1) is 0 Å². The molecule has 3 rings (SSSR count). The largest absolute Gasteiger partial charge is 0.494 e. The van der Waals surface area contributed by atoms with Crippen molar-refractivity contribution in [3.8, 4) is 5.75 Å². The first-order valence-corrected chi connectivity index (χ1v) is 9.95. The van der Waals surface area contributed by atoms with Crippen molar-refractivity contribution in [3.05, 3.63) is 66.2 Å². The van der Waals surface area contributed by atoms with Gasteiger partial charge in [-0.2, -0.15) is 0 Å². The number of nitrogens with zero attached hydrogens (tertiary/aromatic N) is 2. The number of rotatable bonds is 9. The fourth-order valence-corrected chi connectivity index (χ4v) is 3.45. The number of hydrogen-bond acceptors (Lipinski definition) is 3. The summed E-state index contributed by atoms with van der Waals surface area (Å²) in [5.74, 6) is 0.925. The summed E-state index contributed by atoms with van der Waals surface area (Å²) < 4.78 is 5.68. The van der Waals surface area contributed by atoms with Crippen LogP contribution >= 0.6 is 0 Å². The van der Waals surface area contributed by atoms with Gasteiger partial charge in [0.05, 0.1) is 13.2 Å². The Morgan fingerprint density at radius 1 is 0.929 bits per heavy atom. The molecule has 1 aliphatic rings. The van der Waals surface area contributed by atoms with Crippen LogP contribution in [0.4, 0.5) is 0 Å². The molecule has 1 fully saturated rings. The van der Waals surface area contributed by atoms with E-state index in [9.17, 15) is 9.59 Å². The highest BCUT2D eigenvalue weighted by Crippen LogP contribution is 2.15. The van der Waals surface area contributed by atoms with Crippen LogP contribution in [0.3, 0.4) is 0 Å². The Bertz CT molecular complexity index is 764. The van der Waals surface area contributed by atoms with E-state index in [1.54, 1.807) is 9.80 Å². The van der Waals surface area contributed by atoms with Crippen LogP contribution in [0.1, 0.15) is 25.3 Å². The van der Waals surface area contributed by atoms with Gasteiger partial charge in [0, 0.05) is 13.1 Å². The Balaban J connectivity index is 1.41. The SMILES string of the molecule is C[C@H]1C(=O)N(CCc2ccccc2)CC(=O)N1CCCCOc1ccccc1. The Morgan fingerprint density at radius 3 is 2.32 bits per heavy atom. The average Bonchev–Trinajstić information content (AvgIpc) is 2.73. The van der Waals surface area contributed by atoms with E-state index in [0.717, 1.165) is 25.0 Å². The van der Waals surface area contributed by atoms with Crippen LogP contribution in [0.25, 0.3) is 0 Å². The molecular weight excluding hydrogens is 352 g/mol. The third kappa shape index (κ3) is 5.35. The maximum absolute atomic E-state index is 12.7. The van der Waals surface area contributed by atoms with Crippen molar-refractivity contribution in [1.82, 2.24) is 9.80 Å². The predicted octanol–water partition coefficient (Wildman–Crippen LogP) is 3.15. The molecule has 1 saturated heterocycles. The zero-order valence-electron chi connectivity index (χ0n) is 16.4. The van der Waals surface area contributed by atoms with Gasteiger partial charge in [0.15, 0.2) is 0 Å². The molecule has 5 heteroatoms. The van der Waals surface area contributed by atoms with Crippen LogP contribution in [-0.2, 0) is 16.0 Å². The lowest BCUT2D eigenvalue weighted by Gasteiger charge is -2.38. The summed E-state index contributed by atoms with van der Waals surface area (Å²) in [5.41, 5.74) is 1.18. The fraction of sp³-hybridized carbons (Fsp3) is 0.391. The number of hydrogen-bond donors (Lipinski definition) is 0. The van der Waals surface area contributed by atoms with Crippen LogP contribution in [0.5, 0.6) is 5.75 Å². The molecule has 0 aliphatic carbocycles. The summed E-state index contributed by atoms with van der Waals surface area (Å²) in [4.78, 5) is 28.6. The Morgan fingerprint density at radius 2 is 1.61 bits per heavy atom. The highest BCUT2D eigenvalue weighted by Gasteiger charge is 2.35. The molecule has 0 unspecified atom stereocenters. The van der Waals surface area contributed by atoms with Crippen LogP contribution in [0, 0.1) is 0 Å². The zero-order chi connectivity index (χ0) is 19.8. The lowest BCUT2D eigenvalue weighted by Crippen LogP contribution is -2.59. The van der Waals surface area contributed by atoms with E-state index in [4.69, 9.17) is 4.74 Å². The fourth-order valence-electron chi connectivity index (χ4n) is 3.45. The number of unbranched alkanes of at least 4 members (excludes halogenated alkanes) is 1. The van der Waals surface area contributed by atoms with Gasteiger partial charge >= 0.3 is 0 Å². The number of ether oxygens (including phenoxy) is 1. The van der Waals surface area contributed by atoms with Gasteiger partial charge in [-0.25, -0.2) is 0 Å². The summed E-state index contributed by atoms with van der Waals surface area (Å²) in [7, 11) is 0. The summed E-state index contributed by atoms with van der Waals surface area (Å²) >= 11 is 0. The van der Waals surface area contributed by atoms with Gasteiger partial charge in [0.1, 0.15) is 11.8 Å². The van der Waals surface area contributed by atoms with E-state index >= 15 is 0 Å². The zero-order valence-corrected chi connectivity index (χ0v) is 16.4. The van der Waals surface area contributed by atoms with Gasteiger partial charge < -0.3 is 14.5 Å². The molecule has 2 amide bonds. The molecular formula is C23H28N2O3. The van der Waals surface area contributed by atoms with Crippen molar-refractivity contribution >= 4 is 11.8 Å². The predicted molar refractivity (Wildman–Crippen MR) is 109 cm³/mol. The molecule has 2 aromatic carbocycles. The topological polar surface area (TPSA) is 49.9 Å². The average molecular weight is 380 g/mol. The van der Waals surface area contributed by atoms with Crippen LogP contribution in [0.2, 0.25) is 0 Å². The first-order chi connectivity index (χ1) is 13.6. The first kappa shape index (κ1) is 19.9. The van der Waals surface area contributed by atoms with E-state index < -0.39 is 6.04 Å². The number of para-hydroxylation sites is 1. The van der Waals surface area contributed by atoms with Gasteiger partial charge in [-0.05, 0) is 43.9 Å². The standard InChI is InChI=1S/C23H28N2O3/c1-19-23(27)24(16-14-20-10-4-2-5-11-20)18-22(26)25(19)15-8-9-17-28-21-12-6-3-7-13-21/h2-7,10-13,19H,8-9,14-18H2,1H3/t19-/m0/s1. The maximum Gasteiger partial charge on any atom is 0.245 e. The Kier molecular flexibility index (Phi) is 7.06. The van der Waals surface area contributed by atoms with E-state index in [1.807, 2.05) is 67.6 Å². The van der Waals surface area contributed by atoms with E-state index in [-0.39, 0.29) is 18.4 Å². The second kappa shape index (κ2) is 9.93. The van der Waals surface area contributed by atoms with Crippen molar-refractivity contribution in [2.45, 2.75) is 32.2 Å². The first-order valence-electron chi connectivity index (χ1n) is 9.95. The smallest absolute Gasteiger partial charge is 0.245 e. The third-order valence-corrected chi connectivity index (χ3v) is 5.10. The van der Waals surface area contributed by atoms with E-state index in [2.05, 4.69) is 0 Å². The number of carbonyl (C=O) groups is 2. The lowest BCUT2D eigenvalue weighted by atomic mass is 10.1. The van der Waals surface area contributed by atoms with Crippen molar-refractivity contribution in [3.63, 3.8) is 0 Å². The molecule has 2 aromatic rings. The van der Waals surface area contributed by atoms with Gasteiger partial charge in [-0.3, -0.25) is 9.59 Å². The van der Waals surface area contributed by atoms with Crippen molar-refractivity contribution in [2.24, 2.45) is 0 Å². The molecule has 1 atom stereocenters.